The van der Waals surface area contributed by atoms with Crippen molar-refractivity contribution in [2.24, 2.45) is 17.6 Å². The highest BCUT2D eigenvalue weighted by atomic mass is 15.1. The molecule has 0 aromatic rings. The fourth-order valence-electron chi connectivity index (χ4n) is 3.07. The third-order valence-electron chi connectivity index (χ3n) is 3.39. The summed E-state index contributed by atoms with van der Waals surface area (Å²) in [4.78, 5) is 2.41. The van der Waals surface area contributed by atoms with Crippen molar-refractivity contribution in [1.29, 1.82) is 0 Å². The molecular formula is C13H28N2. The molecule has 2 atom stereocenters. The molecule has 15 heavy (non-hydrogen) atoms. The first-order valence-corrected chi connectivity index (χ1v) is 6.39. The number of likely N-dealkylation sites (N-methyl/N-ethyl adjacent to an activating group) is 1. The van der Waals surface area contributed by atoms with Gasteiger partial charge in [-0.3, -0.25) is 0 Å². The molecule has 0 amide bonds. The van der Waals surface area contributed by atoms with Crippen LogP contribution in [0.1, 0.15) is 46.5 Å². The van der Waals surface area contributed by atoms with E-state index in [1.54, 1.807) is 0 Å². The molecule has 90 valence electrons. The zero-order chi connectivity index (χ0) is 11.5. The second kappa shape index (κ2) is 5.31. The first kappa shape index (κ1) is 13.0. The molecule has 2 heteroatoms. The molecule has 1 rings (SSSR count). The average molecular weight is 212 g/mol. The molecule has 0 aliphatic heterocycles. The maximum Gasteiger partial charge on any atom is 0.0285 e. The molecular weight excluding hydrogens is 184 g/mol. The molecule has 1 fully saturated rings. The van der Waals surface area contributed by atoms with E-state index in [1.165, 1.54) is 25.7 Å². The van der Waals surface area contributed by atoms with Crippen LogP contribution in [0.25, 0.3) is 0 Å². The van der Waals surface area contributed by atoms with Crippen molar-refractivity contribution in [1.82, 2.24) is 4.90 Å². The van der Waals surface area contributed by atoms with Gasteiger partial charge in [0.15, 0.2) is 0 Å². The molecule has 0 spiro atoms. The smallest absolute Gasteiger partial charge is 0.0285 e. The SMILES string of the molecule is CC(C)CN(C)CC1(N)CCCC(C)C1. The Morgan fingerprint density at radius 1 is 1.47 bits per heavy atom. The second-order valence-corrected chi connectivity index (χ2v) is 6.15. The summed E-state index contributed by atoms with van der Waals surface area (Å²) in [5.74, 6) is 1.55. The molecule has 1 aliphatic rings. The third-order valence-corrected chi connectivity index (χ3v) is 3.39. The minimum Gasteiger partial charge on any atom is -0.324 e. The Balaban J connectivity index is 2.40. The molecule has 0 radical (unpaired) electrons. The predicted octanol–water partition coefficient (Wildman–Crippen LogP) is 2.48. The van der Waals surface area contributed by atoms with Crippen LogP contribution < -0.4 is 5.73 Å². The molecule has 1 saturated carbocycles. The maximum atomic E-state index is 6.48. The van der Waals surface area contributed by atoms with E-state index in [9.17, 15) is 0 Å². The van der Waals surface area contributed by atoms with Gasteiger partial charge in [0, 0.05) is 18.6 Å². The highest BCUT2D eigenvalue weighted by Gasteiger charge is 2.31. The molecule has 0 bridgehead atoms. The summed E-state index contributed by atoms with van der Waals surface area (Å²) in [5.41, 5.74) is 6.57. The molecule has 2 N–H and O–H groups in total. The molecule has 0 heterocycles. The van der Waals surface area contributed by atoms with Crippen LogP contribution in [0.15, 0.2) is 0 Å². The summed E-state index contributed by atoms with van der Waals surface area (Å²) >= 11 is 0. The number of rotatable bonds is 4. The van der Waals surface area contributed by atoms with Crippen molar-refractivity contribution < 1.29 is 0 Å². The van der Waals surface area contributed by atoms with Crippen LogP contribution in [0.3, 0.4) is 0 Å². The van der Waals surface area contributed by atoms with Gasteiger partial charge >= 0.3 is 0 Å². The van der Waals surface area contributed by atoms with E-state index >= 15 is 0 Å². The normalized spacial score (nSPS) is 32.6. The molecule has 2 unspecified atom stereocenters. The molecule has 0 aromatic carbocycles. The molecule has 1 aliphatic carbocycles. The van der Waals surface area contributed by atoms with E-state index in [0.717, 1.165) is 24.9 Å². The van der Waals surface area contributed by atoms with Crippen LogP contribution in [-0.4, -0.2) is 30.6 Å². The number of nitrogens with two attached hydrogens (primary N) is 1. The number of hydrogen-bond acceptors (Lipinski definition) is 2. The van der Waals surface area contributed by atoms with Crippen LogP contribution in [0.2, 0.25) is 0 Å². The van der Waals surface area contributed by atoms with E-state index < -0.39 is 0 Å². The standard InChI is InChI=1S/C13H28N2/c1-11(2)9-15(4)10-13(14)7-5-6-12(3)8-13/h11-12H,5-10,14H2,1-4H3. The highest BCUT2D eigenvalue weighted by Crippen LogP contribution is 2.30. The topological polar surface area (TPSA) is 29.3 Å². The van der Waals surface area contributed by atoms with Gasteiger partial charge in [0.2, 0.25) is 0 Å². The Hall–Kier alpha value is -0.0800. The summed E-state index contributed by atoms with van der Waals surface area (Å²) in [6.07, 6.45) is 5.09. The van der Waals surface area contributed by atoms with Gasteiger partial charge in [-0.25, -0.2) is 0 Å². The van der Waals surface area contributed by atoms with Crippen LogP contribution in [0, 0.1) is 11.8 Å². The van der Waals surface area contributed by atoms with Crippen LogP contribution >= 0.6 is 0 Å². The lowest BCUT2D eigenvalue weighted by Crippen LogP contribution is -2.52. The van der Waals surface area contributed by atoms with Crippen LogP contribution in [-0.2, 0) is 0 Å². The summed E-state index contributed by atoms with van der Waals surface area (Å²) in [5, 5.41) is 0. The summed E-state index contributed by atoms with van der Waals surface area (Å²) in [6, 6.07) is 0. The van der Waals surface area contributed by atoms with Gasteiger partial charge in [-0.1, -0.05) is 33.6 Å². The fourth-order valence-corrected chi connectivity index (χ4v) is 3.07. The van der Waals surface area contributed by atoms with Gasteiger partial charge in [-0.15, -0.1) is 0 Å². The Labute approximate surface area is 95.2 Å². The first-order chi connectivity index (χ1) is 6.91. The summed E-state index contributed by atoms with van der Waals surface area (Å²) < 4.78 is 0. The largest absolute Gasteiger partial charge is 0.324 e. The van der Waals surface area contributed by atoms with Crippen LogP contribution in [0.4, 0.5) is 0 Å². The van der Waals surface area contributed by atoms with E-state index in [1.807, 2.05) is 0 Å². The lowest BCUT2D eigenvalue weighted by Gasteiger charge is -2.39. The Bertz CT molecular complexity index is 191. The highest BCUT2D eigenvalue weighted by molar-refractivity contribution is 4.91. The summed E-state index contributed by atoms with van der Waals surface area (Å²) in [6.45, 7) is 9.10. The van der Waals surface area contributed by atoms with Crippen molar-refractivity contribution in [2.75, 3.05) is 20.1 Å². The van der Waals surface area contributed by atoms with Crippen molar-refractivity contribution in [3.63, 3.8) is 0 Å². The Kier molecular flexibility index (Phi) is 4.60. The van der Waals surface area contributed by atoms with Gasteiger partial charge in [-0.05, 0) is 31.7 Å². The van der Waals surface area contributed by atoms with Gasteiger partial charge in [0.05, 0.1) is 0 Å². The quantitative estimate of drug-likeness (QED) is 0.776. The van der Waals surface area contributed by atoms with Crippen molar-refractivity contribution in [2.45, 2.75) is 52.0 Å². The summed E-state index contributed by atoms with van der Waals surface area (Å²) in [7, 11) is 2.20. The Morgan fingerprint density at radius 2 is 2.13 bits per heavy atom. The van der Waals surface area contributed by atoms with E-state index in [0.29, 0.717) is 0 Å². The van der Waals surface area contributed by atoms with E-state index in [2.05, 4.69) is 32.7 Å². The van der Waals surface area contributed by atoms with Crippen molar-refractivity contribution in [3.8, 4) is 0 Å². The zero-order valence-corrected chi connectivity index (χ0v) is 10.9. The monoisotopic (exact) mass is 212 g/mol. The van der Waals surface area contributed by atoms with Gasteiger partial charge in [-0.2, -0.15) is 0 Å². The van der Waals surface area contributed by atoms with Gasteiger partial charge in [0.1, 0.15) is 0 Å². The lowest BCUT2D eigenvalue weighted by molar-refractivity contribution is 0.160. The van der Waals surface area contributed by atoms with Gasteiger partial charge < -0.3 is 10.6 Å². The lowest BCUT2D eigenvalue weighted by atomic mass is 9.77. The average Bonchev–Trinajstić information content (AvgIpc) is 1.99. The zero-order valence-electron chi connectivity index (χ0n) is 10.9. The minimum absolute atomic E-state index is 0.0846. The van der Waals surface area contributed by atoms with Crippen molar-refractivity contribution >= 4 is 0 Å². The third kappa shape index (κ3) is 4.52. The predicted molar refractivity (Wildman–Crippen MR) is 66.9 cm³/mol. The minimum atomic E-state index is 0.0846. The fraction of sp³-hybridized carbons (Fsp3) is 1.00. The molecule has 0 saturated heterocycles. The van der Waals surface area contributed by atoms with Gasteiger partial charge in [0.25, 0.3) is 0 Å². The maximum absolute atomic E-state index is 6.48. The first-order valence-electron chi connectivity index (χ1n) is 6.39. The van der Waals surface area contributed by atoms with Crippen LogP contribution in [0.5, 0.6) is 0 Å². The second-order valence-electron chi connectivity index (χ2n) is 6.15. The number of hydrogen-bond donors (Lipinski definition) is 1. The van der Waals surface area contributed by atoms with E-state index in [4.69, 9.17) is 5.73 Å². The Morgan fingerprint density at radius 3 is 2.67 bits per heavy atom. The number of nitrogens with zero attached hydrogens (tertiary/aromatic N) is 1. The van der Waals surface area contributed by atoms with E-state index in [-0.39, 0.29) is 5.54 Å². The van der Waals surface area contributed by atoms with Crippen molar-refractivity contribution in [3.05, 3.63) is 0 Å². The molecule has 0 aromatic heterocycles. The molecule has 2 nitrogen and oxygen atoms in total.